The number of hydrogen-bond donors (Lipinski definition) is 3. The number of benzene rings is 2. The standard InChI is InChI=1S/C19H23N3O4/c1-2-25-11-12-26-15-9-7-14(8-10-15)21-13-18(23)22-17-6-4-3-5-16(17)19(20)24/h3-10,21H,2,11-13H2,1H3,(H2,20,24)(H,22,23). The molecule has 0 fully saturated rings. The normalized spacial score (nSPS) is 10.2. The molecule has 7 nitrogen and oxygen atoms in total. The van der Waals surface area contributed by atoms with Crippen molar-refractivity contribution in [2.75, 3.05) is 37.0 Å². The quantitative estimate of drug-likeness (QED) is 0.566. The van der Waals surface area contributed by atoms with Gasteiger partial charge in [-0.1, -0.05) is 12.1 Å². The van der Waals surface area contributed by atoms with E-state index >= 15 is 0 Å². The van der Waals surface area contributed by atoms with Crippen LogP contribution in [-0.2, 0) is 9.53 Å². The summed E-state index contributed by atoms with van der Waals surface area (Å²) in [6.07, 6.45) is 0. The van der Waals surface area contributed by atoms with Gasteiger partial charge in [0.1, 0.15) is 12.4 Å². The minimum atomic E-state index is -0.589. The molecule has 2 amide bonds. The maximum atomic E-state index is 12.1. The zero-order valence-corrected chi connectivity index (χ0v) is 14.7. The third-order valence-corrected chi connectivity index (χ3v) is 3.47. The van der Waals surface area contributed by atoms with Gasteiger partial charge >= 0.3 is 0 Å². The van der Waals surface area contributed by atoms with Crippen LogP contribution in [0.2, 0.25) is 0 Å². The Bertz CT molecular complexity index is 732. The van der Waals surface area contributed by atoms with Crippen LogP contribution < -0.4 is 21.1 Å². The van der Waals surface area contributed by atoms with Gasteiger partial charge in [-0.15, -0.1) is 0 Å². The highest BCUT2D eigenvalue weighted by Gasteiger charge is 2.10. The Morgan fingerprint density at radius 1 is 1.04 bits per heavy atom. The number of carbonyl (C=O) groups is 2. The summed E-state index contributed by atoms with van der Waals surface area (Å²) < 4.78 is 10.7. The third-order valence-electron chi connectivity index (χ3n) is 3.47. The van der Waals surface area contributed by atoms with Crippen molar-refractivity contribution in [2.45, 2.75) is 6.92 Å². The average molecular weight is 357 g/mol. The van der Waals surface area contributed by atoms with Gasteiger partial charge in [-0.05, 0) is 43.3 Å². The van der Waals surface area contributed by atoms with Crippen LogP contribution in [0.4, 0.5) is 11.4 Å². The molecule has 2 rings (SSSR count). The topological polar surface area (TPSA) is 103 Å². The predicted molar refractivity (Wildman–Crippen MR) is 101 cm³/mol. The number of amides is 2. The van der Waals surface area contributed by atoms with Gasteiger partial charge in [-0.25, -0.2) is 0 Å². The number of carbonyl (C=O) groups excluding carboxylic acids is 2. The minimum Gasteiger partial charge on any atom is -0.491 e. The number of nitrogens with two attached hydrogens (primary N) is 1. The fourth-order valence-electron chi connectivity index (χ4n) is 2.22. The van der Waals surface area contributed by atoms with E-state index in [4.69, 9.17) is 15.2 Å². The molecule has 0 aliphatic carbocycles. The van der Waals surface area contributed by atoms with Gasteiger partial charge in [0.05, 0.1) is 24.4 Å². The van der Waals surface area contributed by atoms with E-state index < -0.39 is 5.91 Å². The molecule has 138 valence electrons. The fraction of sp³-hybridized carbons (Fsp3) is 0.263. The Hall–Kier alpha value is -3.06. The molecule has 0 heterocycles. The zero-order valence-electron chi connectivity index (χ0n) is 14.7. The average Bonchev–Trinajstić information content (AvgIpc) is 2.65. The molecule has 7 heteroatoms. The van der Waals surface area contributed by atoms with Crippen LogP contribution in [0, 0.1) is 0 Å². The van der Waals surface area contributed by atoms with E-state index in [1.807, 2.05) is 31.2 Å². The Kier molecular flexibility index (Phi) is 7.45. The lowest BCUT2D eigenvalue weighted by atomic mass is 10.1. The summed E-state index contributed by atoms with van der Waals surface area (Å²) >= 11 is 0. The highest BCUT2D eigenvalue weighted by molar-refractivity contribution is 6.03. The zero-order chi connectivity index (χ0) is 18.8. The van der Waals surface area contributed by atoms with E-state index in [2.05, 4.69) is 10.6 Å². The number of rotatable bonds is 10. The van der Waals surface area contributed by atoms with E-state index in [9.17, 15) is 9.59 Å². The van der Waals surface area contributed by atoms with E-state index in [1.165, 1.54) is 0 Å². The summed E-state index contributed by atoms with van der Waals surface area (Å²) in [5.74, 6) is -0.139. The molecule has 0 spiro atoms. The SMILES string of the molecule is CCOCCOc1ccc(NCC(=O)Nc2ccccc2C(N)=O)cc1. The van der Waals surface area contributed by atoms with E-state index in [1.54, 1.807) is 24.3 Å². The molecule has 0 aliphatic rings. The van der Waals surface area contributed by atoms with Gasteiger partial charge in [0.25, 0.3) is 5.91 Å². The number of para-hydroxylation sites is 1. The number of primary amides is 1. The summed E-state index contributed by atoms with van der Waals surface area (Å²) in [7, 11) is 0. The van der Waals surface area contributed by atoms with Gasteiger partial charge in [0, 0.05) is 12.3 Å². The third kappa shape index (κ3) is 6.10. The monoisotopic (exact) mass is 357 g/mol. The first-order chi connectivity index (χ1) is 12.6. The van der Waals surface area contributed by atoms with Gasteiger partial charge in [0.15, 0.2) is 0 Å². The summed E-state index contributed by atoms with van der Waals surface area (Å²) in [6, 6.07) is 13.9. The van der Waals surface area contributed by atoms with Crippen molar-refractivity contribution in [1.29, 1.82) is 0 Å². The first kappa shape index (κ1) is 19.3. The number of anilines is 2. The van der Waals surface area contributed by atoms with Crippen molar-refractivity contribution in [3.63, 3.8) is 0 Å². The molecule has 0 unspecified atom stereocenters. The van der Waals surface area contributed by atoms with Gasteiger partial charge < -0.3 is 25.8 Å². The van der Waals surface area contributed by atoms with Crippen LogP contribution in [0.1, 0.15) is 17.3 Å². The first-order valence-electron chi connectivity index (χ1n) is 8.33. The minimum absolute atomic E-state index is 0.0532. The Balaban J connectivity index is 1.81. The van der Waals surface area contributed by atoms with Gasteiger partial charge in [0.2, 0.25) is 5.91 Å². The lowest BCUT2D eigenvalue weighted by Gasteiger charge is -2.11. The molecule has 0 aliphatic heterocycles. The molecule has 0 saturated carbocycles. The molecule has 0 aromatic heterocycles. The van der Waals surface area contributed by atoms with Crippen LogP contribution >= 0.6 is 0 Å². The second-order valence-electron chi connectivity index (χ2n) is 5.38. The second-order valence-corrected chi connectivity index (χ2v) is 5.38. The summed E-state index contributed by atoms with van der Waals surface area (Å²) in [6.45, 7) is 3.69. The lowest BCUT2D eigenvalue weighted by molar-refractivity contribution is -0.114. The summed E-state index contributed by atoms with van der Waals surface area (Å²) in [4.78, 5) is 23.4. The molecular formula is C19H23N3O4. The Labute approximate surface area is 152 Å². The molecule has 26 heavy (non-hydrogen) atoms. The maximum Gasteiger partial charge on any atom is 0.250 e. The predicted octanol–water partition coefficient (Wildman–Crippen LogP) is 2.25. The molecule has 0 atom stereocenters. The van der Waals surface area contributed by atoms with Gasteiger partial charge in [-0.2, -0.15) is 0 Å². The van der Waals surface area contributed by atoms with Crippen molar-refractivity contribution in [2.24, 2.45) is 5.73 Å². The van der Waals surface area contributed by atoms with Crippen LogP contribution in [0.15, 0.2) is 48.5 Å². The van der Waals surface area contributed by atoms with Crippen molar-refractivity contribution in [1.82, 2.24) is 0 Å². The summed E-state index contributed by atoms with van der Waals surface area (Å²) in [5.41, 5.74) is 6.74. The van der Waals surface area contributed by atoms with Crippen LogP contribution in [0.5, 0.6) is 5.75 Å². The van der Waals surface area contributed by atoms with E-state index in [0.29, 0.717) is 25.5 Å². The van der Waals surface area contributed by atoms with Crippen LogP contribution in [0.25, 0.3) is 0 Å². The smallest absolute Gasteiger partial charge is 0.250 e. The fourth-order valence-corrected chi connectivity index (χ4v) is 2.22. The van der Waals surface area contributed by atoms with Crippen molar-refractivity contribution in [3.8, 4) is 5.75 Å². The van der Waals surface area contributed by atoms with Crippen molar-refractivity contribution in [3.05, 3.63) is 54.1 Å². The maximum absolute atomic E-state index is 12.1. The van der Waals surface area contributed by atoms with Crippen LogP contribution in [0.3, 0.4) is 0 Å². The largest absolute Gasteiger partial charge is 0.491 e. The second kappa shape index (κ2) is 10.0. The Morgan fingerprint density at radius 3 is 2.46 bits per heavy atom. The highest BCUT2D eigenvalue weighted by atomic mass is 16.5. The van der Waals surface area contributed by atoms with Crippen LogP contribution in [-0.4, -0.2) is 38.2 Å². The molecular weight excluding hydrogens is 334 g/mol. The number of nitrogens with one attached hydrogen (secondary N) is 2. The lowest BCUT2D eigenvalue weighted by Crippen LogP contribution is -2.24. The first-order valence-corrected chi connectivity index (χ1v) is 8.33. The highest BCUT2D eigenvalue weighted by Crippen LogP contribution is 2.16. The molecule has 0 saturated heterocycles. The molecule has 0 radical (unpaired) electrons. The molecule has 2 aromatic rings. The van der Waals surface area contributed by atoms with Gasteiger partial charge in [-0.3, -0.25) is 9.59 Å². The Morgan fingerprint density at radius 2 is 1.77 bits per heavy atom. The summed E-state index contributed by atoms with van der Waals surface area (Å²) in [5, 5.41) is 5.68. The molecule has 0 bridgehead atoms. The number of hydrogen-bond acceptors (Lipinski definition) is 5. The molecule has 2 aromatic carbocycles. The number of ether oxygens (including phenoxy) is 2. The van der Waals surface area contributed by atoms with E-state index in [0.717, 1.165) is 11.4 Å². The van der Waals surface area contributed by atoms with Crippen molar-refractivity contribution < 1.29 is 19.1 Å². The molecule has 4 N–H and O–H groups in total. The van der Waals surface area contributed by atoms with E-state index in [-0.39, 0.29) is 18.0 Å². The van der Waals surface area contributed by atoms with Crippen molar-refractivity contribution >= 4 is 23.2 Å².